The van der Waals surface area contributed by atoms with Crippen molar-refractivity contribution in [1.29, 1.82) is 0 Å². The van der Waals surface area contributed by atoms with Crippen LogP contribution in [0.15, 0.2) is 11.6 Å². The molecule has 3 nitrogen and oxygen atoms in total. The van der Waals surface area contributed by atoms with Crippen molar-refractivity contribution < 1.29 is 14.3 Å². The monoisotopic (exact) mass is 400 g/mol. The Bertz CT molecular complexity index is 636. The van der Waals surface area contributed by atoms with E-state index < -0.39 is 0 Å². The molecule has 3 fully saturated rings. The summed E-state index contributed by atoms with van der Waals surface area (Å²) >= 11 is 0. The van der Waals surface area contributed by atoms with Crippen LogP contribution >= 0.6 is 0 Å². The van der Waals surface area contributed by atoms with Gasteiger partial charge in [0.2, 0.25) is 0 Å². The Hall–Kier alpha value is -1.12. The van der Waals surface area contributed by atoms with Gasteiger partial charge in [0.05, 0.1) is 6.42 Å². The molecule has 3 heteroatoms. The summed E-state index contributed by atoms with van der Waals surface area (Å²) in [5, 5.41) is 0. The molecule has 4 rings (SSSR count). The van der Waals surface area contributed by atoms with E-state index in [2.05, 4.69) is 19.9 Å². The summed E-state index contributed by atoms with van der Waals surface area (Å²) in [5.74, 6) is 3.09. The maximum atomic E-state index is 13.4. The van der Waals surface area contributed by atoms with Gasteiger partial charge in [-0.25, -0.2) is 0 Å². The lowest BCUT2D eigenvalue weighted by molar-refractivity contribution is -0.151. The molecule has 29 heavy (non-hydrogen) atoms. The van der Waals surface area contributed by atoms with Crippen molar-refractivity contribution in [2.24, 2.45) is 35.5 Å². The van der Waals surface area contributed by atoms with E-state index >= 15 is 0 Å². The summed E-state index contributed by atoms with van der Waals surface area (Å²) in [5.41, 5.74) is 1.00. The normalized spacial score (nSPS) is 40.8. The molecule has 0 bridgehead atoms. The highest BCUT2D eigenvalue weighted by Gasteiger charge is 2.49. The lowest BCUT2D eigenvalue weighted by Crippen LogP contribution is -2.33. The third-order valence-corrected chi connectivity index (χ3v) is 8.58. The van der Waals surface area contributed by atoms with Crippen LogP contribution in [-0.2, 0) is 14.3 Å². The number of unbranched alkanes of at least 4 members (excludes halogenated alkanes) is 1. The average molecular weight is 401 g/mol. The largest absolute Gasteiger partial charge is 0.462 e. The molecular weight excluding hydrogens is 360 g/mol. The lowest BCUT2D eigenvalue weighted by Gasteiger charge is -2.38. The van der Waals surface area contributed by atoms with Crippen LogP contribution in [0.25, 0.3) is 0 Å². The second kappa shape index (κ2) is 9.35. The van der Waals surface area contributed by atoms with E-state index in [9.17, 15) is 9.59 Å². The van der Waals surface area contributed by atoms with Gasteiger partial charge in [0, 0.05) is 11.8 Å². The van der Waals surface area contributed by atoms with E-state index in [1.165, 1.54) is 32.1 Å². The quantitative estimate of drug-likeness (QED) is 0.525. The summed E-state index contributed by atoms with van der Waals surface area (Å²) in [6.45, 7) is 4.30. The molecule has 1 aliphatic heterocycles. The maximum absolute atomic E-state index is 13.4. The summed E-state index contributed by atoms with van der Waals surface area (Å²) < 4.78 is 5.98. The molecule has 2 saturated carbocycles. The van der Waals surface area contributed by atoms with Crippen LogP contribution < -0.4 is 0 Å². The van der Waals surface area contributed by atoms with E-state index in [1.807, 2.05) is 0 Å². The zero-order valence-corrected chi connectivity index (χ0v) is 18.5. The zero-order valence-electron chi connectivity index (χ0n) is 18.5. The van der Waals surface area contributed by atoms with Gasteiger partial charge in [-0.3, -0.25) is 9.59 Å². The van der Waals surface area contributed by atoms with Gasteiger partial charge >= 0.3 is 5.97 Å². The number of Topliss-reactive ketones (excluding diaryl/α,β-unsaturated/α-hetero) is 1. The van der Waals surface area contributed by atoms with Crippen molar-refractivity contribution in [2.45, 2.75) is 103 Å². The Labute approximate surface area is 177 Å². The van der Waals surface area contributed by atoms with Gasteiger partial charge in [0.1, 0.15) is 6.10 Å². The number of carbonyl (C=O) groups is 2. The molecule has 1 heterocycles. The Balaban J connectivity index is 1.56. The van der Waals surface area contributed by atoms with Crippen molar-refractivity contribution in [3.8, 4) is 0 Å². The topological polar surface area (TPSA) is 43.4 Å². The van der Waals surface area contributed by atoms with Crippen molar-refractivity contribution in [3.63, 3.8) is 0 Å². The second-order valence-corrected chi connectivity index (χ2v) is 10.4. The highest BCUT2D eigenvalue weighted by Crippen LogP contribution is 2.56. The zero-order chi connectivity index (χ0) is 20.4. The van der Waals surface area contributed by atoms with Gasteiger partial charge in [-0.1, -0.05) is 52.0 Å². The van der Waals surface area contributed by atoms with Crippen LogP contribution in [-0.4, -0.2) is 17.9 Å². The molecule has 162 valence electrons. The van der Waals surface area contributed by atoms with E-state index in [-0.39, 0.29) is 23.9 Å². The van der Waals surface area contributed by atoms with Gasteiger partial charge in [0.25, 0.3) is 0 Å². The molecule has 0 aromatic rings. The molecule has 0 amide bonds. The summed E-state index contributed by atoms with van der Waals surface area (Å²) in [4.78, 5) is 26.3. The average Bonchev–Trinajstić information content (AvgIpc) is 3.32. The lowest BCUT2D eigenvalue weighted by atomic mass is 9.66. The fourth-order valence-corrected chi connectivity index (χ4v) is 7.00. The van der Waals surface area contributed by atoms with Gasteiger partial charge < -0.3 is 4.74 Å². The van der Waals surface area contributed by atoms with E-state index in [0.29, 0.717) is 24.0 Å². The molecule has 4 aliphatic rings. The van der Waals surface area contributed by atoms with Crippen LogP contribution in [0.2, 0.25) is 0 Å². The standard InChI is InChI=1S/C26H40O3/c1-3-4-10-19-11-6-5-8-17(2)26(28)24-15-22-20-12-7-9-18(20)13-14-21(22)23(24)16-25(27)29-19/h15,17-23H,3-14,16H2,1-2H3/t17-,18?,19+,20+,21?,22?,23?/m1/s1. The first-order chi connectivity index (χ1) is 14.1. The number of ether oxygens (including phenoxy) is 1. The fraction of sp³-hybridized carbons (Fsp3) is 0.846. The predicted octanol–water partition coefficient (Wildman–Crippen LogP) is 6.26. The number of cyclic esters (lactones) is 1. The Morgan fingerprint density at radius 3 is 2.62 bits per heavy atom. The highest BCUT2D eigenvalue weighted by molar-refractivity contribution is 5.98. The molecule has 7 atom stereocenters. The van der Waals surface area contributed by atoms with Gasteiger partial charge in [-0.05, 0) is 74.2 Å². The number of hydrogen-bond donors (Lipinski definition) is 0. The Morgan fingerprint density at radius 2 is 1.79 bits per heavy atom. The summed E-state index contributed by atoms with van der Waals surface area (Å²) in [6, 6.07) is 0. The molecular formula is C26H40O3. The van der Waals surface area contributed by atoms with E-state index in [0.717, 1.165) is 62.4 Å². The minimum absolute atomic E-state index is 0.0581. The van der Waals surface area contributed by atoms with Crippen LogP contribution in [0.1, 0.15) is 97.3 Å². The van der Waals surface area contributed by atoms with Crippen molar-refractivity contribution in [3.05, 3.63) is 11.6 Å². The smallest absolute Gasteiger partial charge is 0.306 e. The van der Waals surface area contributed by atoms with E-state index in [4.69, 9.17) is 4.74 Å². The second-order valence-electron chi connectivity index (χ2n) is 10.4. The Kier molecular flexibility index (Phi) is 6.81. The third-order valence-electron chi connectivity index (χ3n) is 8.58. The molecule has 0 spiro atoms. The van der Waals surface area contributed by atoms with Crippen molar-refractivity contribution in [2.75, 3.05) is 0 Å². The van der Waals surface area contributed by atoms with Gasteiger partial charge in [0.15, 0.2) is 5.78 Å². The van der Waals surface area contributed by atoms with Gasteiger partial charge in [-0.2, -0.15) is 0 Å². The first-order valence-electron chi connectivity index (χ1n) is 12.5. The highest BCUT2D eigenvalue weighted by atomic mass is 16.5. The maximum Gasteiger partial charge on any atom is 0.306 e. The molecule has 3 aliphatic carbocycles. The summed E-state index contributed by atoms with van der Waals surface area (Å²) in [7, 11) is 0. The number of allylic oxidation sites excluding steroid dienone is 2. The molecule has 0 aromatic heterocycles. The SMILES string of the molecule is CCCC[C@H]1CCCC[C@@H](C)C(=O)C2=CC3C(CCC4CCC[C@@H]43)C2CC(=O)O1. The number of esters is 1. The molecule has 1 saturated heterocycles. The third kappa shape index (κ3) is 4.49. The summed E-state index contributed by atoms with van der Waals surface area (Å²) in [6.07, 6.45) is 16.6. The van der Waals surface area contributed by atoms with Crippen LogP contribution in [0, 0.1) is 35.5 Å². The first kappa shape index (κ1) is 21.1. The molecule has 0 radical (unpaired) electrons. The molecule has 4 unspecified atom stereocenters. The number of rotatable bonds is 3. The number of fused-ring (bicyclic) bond motifs is 5. The minimum atomic E-state index is -0.0581. The minimum Gasteiger partial charge on any atom is -0.462 e. The van der Waals surface area contributed by atoms with Crippen molar-refractivity contribution in [1.82, 2.24) is 0 Å². The number of carbonyl (C=O) groups excluding carboxylic acids is 2. The fourth-order valence-electron chi connectivity index (χ4n) is 7.00. The molecule has 0 aromatic carbocycles. The van der Waals surface area contributed by atoms with Crippen LogP contribution in [0.4, 0.5) is 0 Å². The predicted molar refractivity (Wildman–Crippen MR) is 115 cm³/mol. The van der Waals surface area contributed by atoms with E-state index in [1.54, 1.807) is 0 Å². The molecule has 0 N–H and O–H groups in total. The van der Waals surface area contributed by atoms with Crippen LogP contribution in [0.5, 0.6) is 0 Å². The Morgan fingerprint density at radius 1 is 0.966 bits per heavy atom. The number of hydrogen-bond acceptors (Lipinski definition) is 3. The first-order valence-corrected chi connectivity index (χ1v) is 12.5. The van der Waals surface area contributed by atoms with Crippen LogP contribution in [0.3, 0.4) is 0 Å². The number of ketones is 1. The van der Waals surface area contributed by atoms with Gasteiger partial charge in [-0.15, -0.1) is 0 Å². The van der Waals surface area contributed by atoms with Crippen molar-refractivity contribution >= 4 is 11.8 Å².